The monoisotopic (exact) mass is 383 g/mol. The van der Waals surface area contributed by atoms with E-state index in [1.807, 2.05) is 66.7 Å². The summed E-state index contributed by atoms with van der Waals surface area (Å²) in [5, 5.41) is 3.93. The molecule has 0 bridgehead atoms. The van der Waals surface area contributed by atoms with Gasteiger partial charge in [-0.3, -0.25) is 0 Å². The van der Waals surface area contributed by atoms with Gasteiger partial charge in [-0.2, -0.15) is 0 Å². The second-order valence-electron chi connectivity index (χ2n) is 5.93. The summed E-state index contributed by atoms with van der Waals surface area (Å²) >= 11 is 6.20. The summed E-state index contributed by atoms with van der Waals surface area (Å²) in [5.74, 6) is 2.09. The molecule has 0 aliphatic rings. The van der Waals surface area contributed by atoms with Gasteiger partial charge in [-0.1, -0.05) is 54.1 Å². The number of nitrogens with one attached hydrogen (secondary N) is 1. The number of benzene rings is 3. The van der Waals surface area contributed by atoms with Gasteiger partial charge in [0.2, 0.25) is 0 Å². The number of methoxy groups -OCH3 is 2. The van der Waals surface area contributed by atoms with Gasteiger partial charge in [0.25, 0.3) is 0 Å². The molecule has 0 unspecified atom stereocenters. The largest absolute Gasteiger partial charge is 0.495 e. The molecule has 0 amide bonds. The summed E-state index contributed by atoms with van der Waals surface area (Å²) in [4.78, 5) is 0. The van der Waals surface area contributed by atoms with E-state index in [2.05, 4.69) is 5.32 Å². The first-order valence-corrected chi connectivity index (χ1v) is 8.99. The summed E-state index contributed by atoms with van der Waals surface area (Å²) in [5.41, 5.74) is 3.00. The molecule has 1 N–H and O–H groups in total. The van der Waals surface area contributed by atoms with Gasteiger partial charge in [0.1, 0.15) is 12.4 Å². The predicted molar refractivity (Wildman–Crippen MR) is 109 cm³/mol. The smallest absolute Gasteiger partial charge is 0.166 e. The van der Waals surface area contributed by atoms with Crippen molar-refractivity contribution in [1.82, 2.24) is 0 Å². The molecule has 0 saturated carbocycles. The van der Waals surface area contributed by atoms with Crippen LogP contribution in [0.5, 0.6) is 17.2 Å². The summed E-state index contributed by atoms with van der Waals surface area (Å²) in [6.45, 7) is 1.05. The van der Waals surface area contributed by atoms with Crippen molar-refractivity contribution >= 4 is 17.3 Å². The number of rotatable bonds is 8. The third-order valence-corrected chi connectivity index (χ3v) is 4.44. The van der Waals surface area contributed by atoms with Gasteiger partial charge in [0, 0.05) is 17.8 Å². The second kappa shape index (κ2) is 9.19. The van der Waals surface area contributed by atoms with Crippen molar-refractivity contribution in [1.29, 1.82) is 0 Å². The number of hydrogen-bond acceptors (Lipinski definition) is 4. The van der Waals surface area contributed by atoms with Crippen molar-refractivity contribution in [2.24, 2.45) is 0 Å². The summed E-state index contributed by atoms with van der Waals surface area (Å²) < 4.78 is 16.8. The highest BCUT2D eigenvalue weighted by Crippen LogP contribution is 2.33. The molecule has 27 heavy (non-hydrogen) atoms. The van der Waals surface area contributed by atoms with Gasteiger partial charge in [0.15, 0.2) is 11.5 Å². The van der Waals surface area contributed by atoms with Gasteiger partial charge in [-0.05, 0) is 29.8 Å². The van der Waals surface area contributed by atoms with Crippen molar-refractivity contribution in [2.45, 2.75) is 13.2 Å². The molecule has 3 aromatic rings. The highest BCUT2D eigenvalue weighted by atomic mass is 35.5. The van der Waals surface area contributed by atoms with Crippen molar-refractivity contribution in [2.75, 3.05) is 19.5 Å². The molecule has 0 fully saturated rings. The van der Waals surface area contributed by atoms with Gasteiger partial charge in [-0.15, -0.1) is 0 Å². The number of halogens is 1. The van der Waals surface area contributed by atoms with Crippen LogP contribution in [-0.4, -0.2) is 14.2 Å². The molecule has 3 aromatic carbocycles. The van der Waals surface area contributed by atoms with Gasteiger partial charge < -0.3 is 19.5 Å². The normalized spacial score (nSPS) is 10.3. The zero-order valence-electron chi connectivity index (χ0n) is 15.4. The quantitative estimate of drug-likeness (QED) is 0.553. The van der Waals surface area contributed by atoms with Crippen molar-refractivity contribution in [3.63, 3.8) is 0 Å². The Kier molecular flexibility index (Phi) is 6.44. The van der Waals surface area contributed by atoms with E-state index in [9.17, 15) is 0 Å². The average molecular weight is 384 g/mol. The van der Waals surface area contributed by atoms with Crippen LogP contribution >= 0.6 is 11.6 Å². The third-order valence-electron chi connectivity index (χ3n) is 4.14. The molecule has 0 radical (unpaired) electrons. The van der Waals surface area contributed by atoms with Crippen LogP contribution in [0.15, 0.2) is 66.7 Å². The van der Waals surface area contributed by atoms with Crippen LogP contribution in [0.4, 0.5) is 5.69 Å². The molecular formula is C22H22ClNO3. The van der Waals surface area contributed by atoms with Gasteiger partial charge >= 0.3 is 0 Å². The van der Waals surface area contributed by atoms with E-state index < -0.39 is 0 Å². The fraction of sp³-hybridized carbons (Fsp3) is 0.182. The van der Waals surface area contributed by atoms with Gasteiger partial charge in [0.05, 0.1) is 19.2 Å². The Morgan fingerprint density at radius 3 is 2.33 bits per heavy atom. The van der Waals surface area contributed by atoms with Crippen LogP contribution in [0.3, 0.4) is 0 Å². The van der Waals surface area contributed by atoms with E-state index in [-0.39, 0.29) is 0 Å². The molecule has 4 nitrogen and oxygen atoms in total. The average Bonchev–Trinajstić information content (AvgIpc) is 2.71. The van der Waals surface area contributed by atoms with E-state index >= 15 is 0 Å². The number of para-hydroxylation sites is 1. The predicted octanol–water partition coefficient (Wildman–Crippen LogP) is 5.55. The highest BCUT2D eigenvalue weighted by Gasteiger charge is 2.11. The molecule has 140 valence electrons. The maximum atomic E-state index is 6.20. The maximum Gasteiger partial charge on any atom is 0.166 e. The van der Waals surface area contributed by atoms with Crippen LogP contribution in [0.2, 0.25) is 5.02 Å². The number of ether oxygens (including phenoxy) is 3. The molecule has 0 aromatic heterocycles. The fourth-order valence-corrected chi connectivity index (χ4v) is 2.99. The first-order chi connectivity index (χ1) is 13.2. The molecule has 0 atom stereocenters. The lowest BCUT2D eigenvalue weighted by Crippen LogP contribution is -2.05. The Bertz CT molecular complexity index is 884. The van der Waals surface area contributed by atoms with E-state index in [4.69, 9.17) is 25.8 Å². The minimum absolute atomic E-state index is 0.475. The number of hydrogen-bond donors (Lipinski definition) is 1. The van der Waals surface area contributed by atoms with Gasteiger partial charge in [-0.25, -0.2) is 0 Å². The zero-order valence-corrected chi connectivity index (χ0v) is 16.1. The first-order valence-electron chi connectivity index (χ1n) is 8.61. The Hall–Kier alpha value is -2.85. The lowest BCUT2D eigenvalue weighted by Gasteiger charge is -2.16. The van der Waals surface area contributed by atoms with Crippen LogP contribution in [-0.2, 0) is 13.2 Å². The molecule has 0 spiro atoms. The van der Waals surface area contributed by atoms with Crippen LogP contribution in [0.1, 0.15) is 11.1 Å². The maximum absolute atomic E-state index is 6.20. The second-order valence-corrected chi connectivity index (χ2v) is 6.33. The summed E-state index contributed by atoms with van der Waals surface area (Å²) in [6, 6.07) is 21.5. The Morgan fingerprint density at radius 1 is 0.852 bits per heavy atom. The lowest BCUT2D eigenvalue weighted by molar-refractivity contribution is 0.281. The van der Waals surface area contributed by atoms with Crippen LogP contribution in [0, 0.1) is 0 Å². The van der Waals surface area contributed by atoms with E-state index in [1.165, 1.54) is 0 Å². The molecule has 3 rings (SSSR count). The minimum atomic E-state index is 0.475. The van der Waals surface area contributed by atoms with E-state index in [0.29, 0.717) is 29.7 Å². The molecule has 0 saturated heterocycles. The van der Waals surface area contributed by atoms with E-state index in [1.54, 1.807) is 14.2 Å². The Balaban J connectivity index is 1.75. The first kappa shape index (κ1) is 18.9. The van der Waals surface area contributed by atoms with Crippen molar-refractivity contribution < 1.29 is 14.2 Å². The lowest BCUT2D eigenvalue weighted by atomic mass is 10.1. The fourth-order valence-electron chi connectivity index (χ4n) is 2.73. The summed E-state index contributed by atoms with van der Waals surface area (Å²) in [6.07, 6.45) is 0. The SMILES string of the molecule is COc1ccc(NCc2cccc(OC)c2OCc2ccccc2)cc1Cl. The zero-order chi connectivity index (χ0) is 19.1. The standard InChI is InChI=1S/C22H22ClNO3/c1-25-20-12-11-18(13-19(20)23)24-14-17-9-6-10-21(26-2)22(17)27-15-16-7-4-3-5-8-16/h3-13,24H,14-15H2,1-2H3. The van der Waals surface area contributed by atoms with Crippen LogP contribution < -0.4 is 19.5 Å². The van der Waals surface area contributed by atoms with Crippen molar-refractivity contribution in [3.8, 4) is 17.2 Å². The topological polar surface area (TPSA) is 39.7 Å². The molecule has 0 heterocycles. The van der Waals surface area contributed by atoms with E-state index in [0.717, 1.165) is 22.6 Å². The molecular weight excluding hydrogens is 362 g/mol. The Labute approximate surface area is 164 Å². The molecule has 5 heteroatoms. The molecule has 0 aliphatic heterocycles. The highest BCUT2D eigenvalue weighted by molar-refractivity contribution is 6.32. The third kappa shape index (κ3) is 4.86. The summed E-state index contributed by atoms with van der Waals surface area (Å²) in [7, 11) is 3.24. The Morgan fingerprint density at radius 2 is 1.63 bits per heavy atom. The minimum Gasteiger partial charge on any atom is -0.495 e. The number of anilines is 1. The van der Waals surface area contributed by atoms with Crippen LogP contribution in [0.25, 0.3) is 0 Å². The van der Waals surface area contributed by atoms with Crippen molar-refractivity contribution in [3.05, 3.63) is 82.9 Å². The molecule has 0 aliphatic carbocycles.